The van der Waals surface area contributed by atoms with Gasteiger partial charge in [-0.25, -0.2) is 18.8 Å². The van der Waals surface area contributed by atoms with E-state index in [9.17, 15) is 13.9 Å². The number of hydrogen-bond donors (Lipinski definition) is 2. The topological polar surface area (TPSA) is 85.6 Å². The fraction of sp³-hybridized carbons (Fsp3) is 0.292. The molecule has 1 saturated heterocycles. The molecule has 1 fully saturated rings. The number of aromatic hydroxyl groups is 1. The van der Waals surface area contributed by atoms with E-state index in [0.29, 0.717) is 22.5 Å². The van der Waals surface area contributed by atoms with Crippen LogP contribution in [0.4, 0.5) is 25.3 Å². The Morgan fingerprint density at radius 3 is 2.83 bits per heavy atom. The molecule has 11 heteroatoms. The number of guanidine groups is 1. The summed E-state index contributed by atoms with van der Waals surface area (Å²) in [5, 5.41) is 15.0. The summed E-state index contributed by atoms with van der Waals surface area (Å²) in [5.41, 5.74) is 0.993. The van der Waals surface area contributed by atoms with Crippen molar-refractivity contribution in [1.29, 1.82) is 0 Å². The van der Waals surface area contributed by atoms with Crippen LogP contribution in [-0.4, -0.2) is 67.4 Å². The van der Waals surface area contributed by atoms with Gasteiger partial charge in [-0.3, -0.25) is 4.90 Å². The molecule has 2 aliphatic rings. The second-order valence-electron chi connectivity index (χ2n) is 8.16. The fourth-order valence-corrected chi connectivity index (χ4v) is 4.70. The van der Waals surface area contributed by atoms with Crippen LogP contribution in [-0.2, 0) is 4.74 Å². The van der Waals surface area contributed by atoms with Gasteiger partial charge in [-0.05, 0) is 35.6 Å². The van der Waals surface area contributed by atoms with Gasteiger partial charge in [-0.15, -0.1) is 0 Å². The summed E-state index contributed by atoms with van der Waals surface area (Å²) >= 11 is 1.16. The van der Waals surface area contributed by atoms with Crippen LogP contribution in [0.25, 0.3) is 6.08 Å². The number of anilines is 3. The van der Waals surface area contributed by atoms with Gasteiger partial charge in [-0.2, -0.15) is 4.98 Å². The number of nitrogens with zero attached hydrogens (tertiary/aromatic N) is 5. The average molecular weight is 499 g/mol. The van der Waals surface area contributed by atoms with Crippen molar-refractivity contribution >= 4 is 39.9 Å². The minimum Gasteiger partial charge on any atom is -0.492 e. The molecule has 3 heterocycles. The summed E-state index contributed by atoms with van der Waals surface area (Å²) in [5.74, 6) is -0.913. The first-order chi connectivity index (χ1) is 17.0. The molecule has 0 aliphatic carbocycles. The van der Waals surface area contributed by atoms with Crippen LogP contribution in [0.5, 0.6) is 5.88 Å². The molecule has 0 atom stereocenters. The predicted molar refractivity (Wildman–Crippen MR) is 132 cm³/mol. The monoisotopic (exact) mass is 498 g/mol. The maximum atomic E-state index is 13.9. The molecular formula is C24H24F2N6O2S. The zero-order valence-electron chi connectivity index (χ0n) is 19.0. The number of aromatic nitrogens is 1. The van der Waals surface area contributed by atoms with Gasteiger partial charge in [0.15, 0.2) is 5.13 Å². The number of benzene rings is 2. The van der Waals surface area contributed by atoms with Gasteiger partial charge in [0.2, 0.25) is 11.8 Å². The first kappa shape index (κ1) is 23.3. The minimum atomic E-state index is -0.738. The largest absolute Gasteiger partial charge is 0.492 e. The van der Waals surface area contributed by atoms with Crippen molar-refractivity contribution in [2.45, 2.75) is 0 Å². The van der Waals surface area contributed by atoms with E-state index in [0.717, 1.165) is 72.6 Å². The summed E-state index contributed by atoms with van der Waals surface area (Å²) in [6.07, 6.45) is 1.79. The van der Waals surface area contributed by atoms with E-state index >= 15 is 0 Å². The lowest BCUT2D eigenvalue weighted by Crippen LogP contribution is -2.38. The lowest BCUT2D eigenvalue weighted by molar-refractivity contribution is 0.0394. The van der Waals surface area contributed by atoms with E-state index < -0.39 is 11.6 Å². The van der Waals surface area contributed by atoms with Gasteiger partial charge in [0.1, 0.15) is 11.6 Å². The summed E-state index contributed by atoms with van der Waals surface area (Å²) in [4.78, 5) is 18.1. The van der Waals surface area contributed by atoms with Crippen molar-refractivity contribution in [2.24, 2.45) is 9.98 Å². The molecule has 0 unspecified atom stereocenters. The van der Waals surface area contributed by atoms with Crippen molar-refractivity contribution < 1.29 is 18.6 Å². The molecule has 3 aromatic rings. The van der Waals surface area contributed by atoms with Crippen molar-refractivity contribution in [3.05, 3.63) is 63.5 Å². The number of fused-ring (bicyclic) bond motifs is 1. The highest BCUT2D eigenvalue weighted by molar-refractivity contribution is 7.16. The highest BCUT2D eigenvalue weighted by Gasteiger charge is 2.18. The number of thiazole rings is 1. The molecule has 0 saturated carbocycles. The molecular weight excluding hydrogens is 474 g/mol. The SMILES string of the molecule is CN1C(=NCCN2CCOCC2)N=c2ccc(=Cc3sc(Nc4ccc(F)cc4F)nc3O)cc21. The van der Waals surface area contributed by atoms with Crippen LogP contribution in [0.3, 0.4) is 0 Å². The Morgan fingerprint density at radius 1 is 1.20 bits per heavy atom. The lowest BCUT2D eigenvalue weighted by Gasteiger charge is -2.25. The molecule has 0 radical (unpaired) electrons. The molecule has 0 bridgehead atoms. The van der Waals surface area contributed by atoms with Crippen LogP contribution >= 0.6 is 11.3 Å². The van der Waals surface area contributed by atoms with Crippen LogP contribution in [0, 0.1) is 11.6 Å². The molecule has 35 heavy (non-hydrogen) atoms. The number of halogens is 2. The fourth-order valence-electron chi connectivity index (χ4n) is 3.87. The first-order valence-corrected chi connectivity index (χ1v) is 12.0. The normalized spacial score (nSPS) is 17.6. The van der Waals surface area contributed by atoms with Gasteiger partial charge in [0, 0.05) is 32.7 Å². The number of nitrogens with one attached hydrogen (secondary N) is 1. The van der Waals surface area contributed by atoms with Gasteiger partial charge in [0.05, 0.1) is 41.4 Å². The molecule has 0 spiro atoms. The van der Waals surface area contributed by atoms with Gasteiger partial charge in [-0.1, -0.05) is 17.4 Å². The third-order valence-electron chi connectivity index (χ3n) is 5.76. The Balaban J connectivity index is 1.31. The van der Waals surface area contributed by atoms with E-state index in [4.69, 9.17) is 4.74 Å². The second kappa shape index (κ2) is 10.1. The maximum absolute atomic E-state index is 13.9. The number of ether oxygens (including phenoxy) is 1. The molecule has 5 rings (SSSR count). The van der Waals surface area contributed by atoms with Crippen molar-refractivity contribution in [3.8, 4) is 5.88 Å². The first-order valence-electron chi connectivity index (χ1n) is 11.2. The number of hydrogen-bond acceptors (Lipinski definition) is 7. The summed E-state index contributed by atoms with van der Waals surface area (Å²) in [6.45, 7) is 4.92. The summed E-state index contributed by atoms with van der Waals surface area (Å²) in [7, 11) is 1.93. The Kier molecular flexibility index (Phi) is 6.71. The predicted octanol–water partition coefficient (Wildman–Crippen LogP) is 2.46. The zero-order chi connectivity index (χ0) is 24.4. The number of rotatable bonds is 6. The average Bonchev–Trinajstić information content (AvgIpc) is 3.35. The third kappa shape index (κ3) is 5.31. The Morgan fingerprint density at radius 2 is 2.03 bits per heavy atom. The van der Waals surface area contributed by atoms with Gasteiger partial charge in [0.25, 0.3) is 0 Å². The number of aliphatic imine (C=N–C) groups is 1. The van der Waals surface area contributed by atoms with Gasteiger partial charge < -0.3 is 20.1 Å². The zero-order valence-corrected chi connectivity index (χ0v) is 19.9. The molecule has 182 valence electrons. The van der Waals surface area contributed by atoms with E-state index in [1.807, 2.05) is 30.1 Å². The minimum absolute atomic E-state index is 0.0768. The Labute approximate surface area is 204 Å². The second-order valence-corrected chi connectivity index (χ2v) is 9.19. The standard InChI is InChI=1S/C24H24F2N6O2S/c1-31-20-12-15(2-4-19(20)28-23(31)27-6-7-32-8-10-34-11-9-32)13-21-22(33)30-24(35-21)29-18-5-3-16(25)14-17(18)26/h2-5,12-14,33H,6-11H2,1H3,(H,29,30). The molecule has 2 aromatic carbocycles. The number of morpholine rings is 1. The van der Waals surface area contributed by atoms with E-state index in [1.165, 1.54) is 6.07 Å². The molecule has 2 aliphatic heterocycles. The lowest BCUT2D eigenvalue weighted by atomic mass is 10.2. The van der Waals surface area contributed by atoms with Crippen LogP contribution < -0.4 is 20.8 Å². The molecule has 8 nitrogen and oxygen atoms in total. The Bertz CT molecular complexity index is 1390. The van der Waals surface area contributed by atoms with Gasteiger partial charge >= 0.3 is 0 Å². The van der Waals surface area contributed by atoms with Crippen molar-refractivity contribution in [2.75, 3.05) is 56.7 Å². The van der Waals surface area contributed by atoms with E-state index in [-0.39, 0.29) is 11.6 Å². The van der Waals surface area contributed by atoms with Crippen LogP contribution in [0.1, 0.15) is 4.88 Å². The van der Waals surface area contributed by atoms with Crippen LogP contribution in [0.2, 0.25) is 0 Å². The summed E-state index contributed by atoms with van der Waals surface area (Å²) in [6, 6.07) is 9.00. The van der Waals surface area contributed by atoms with Crippen LogP contribution in [0.15, 0.2) is 46.4 Å². The molecule has 2 N–H and O–H groups in total. The third-order valence-corrected chi connectivity index (χ3v) is 6.67. The van der Waals surface area contributed by atoms with E-state index in [1.54, 1.807) is 6.08 Å². The smallest absolute Gasteiger partial charge is 0.231 e. The molecule has 0 amide bonds. The highest BCUT2D eigenvalue weighted by Crippen LogP contribution is 2.31. The highest BCUT2D eigenvalue weighted by atomic mass is 32.1. The summed E-state index contributed by atoms with van der Waals surface area (Å²) < 4.78 is 32.4. The quantitative estimate of drug-likeness (QED) is 0.543. The van der Waals surface area contributed by atoms with Crippen molar-refractivity contribution in [3.63, 3.8) is 0 Å². The van der Waals surface area contributed by atoms with Crippen molar-refractivity contribution in [1.82, 2.24) is 9.88 Å². The Hall–Kier alpha value is -3.41. The maximum Gasteiger partial charge on any atom is 0.231 e. The molecule has 1 aromatic heterocycles. The van der Waals surface area contributed by atoms with E-state index in [2.05, 4.69) is 25.2 Å².